The SMILES string of the molecule is COc1ccc(NC(=S)Nc2ccc(C(N)=O)cc2)cc1Cl. The number of halogens is 1. The maximum Gasteiger partial charge on any atom is 0.248 e. The van der Waals surface area contributed by atoms with Gasteiger partial charge in [-0.25, -0.2) is 0 Å². The number of hydrogen-bond donors (Lipinski definition) is 3. The van der Waals surface area contributed by atoms with E-state index in [0.29, 0.717) is 21.4 Å². The maximum absolute atomic E-state index is 11.0. The normalized spacial score (nSPS) is 9.91. The van der Waals surface area contributed by atoms with Gasteiger partial charge in [0, 0.05) is 16.9 Å². The summed E-state index contributed by atoms with van der Waals surface area (Å²) in [6.07, 6.45) is 0. The molecule has 2 aromatic carbocycles. The maximum atomic E-state index is 11.0. The molecule has 0 aromatic heterocycles. The number of amides is 1. The molecule has 22 heavy (non-hydrogen) atoms. The van der Waals surface area contributed by atoms with Crippen molar-refractivity contribution in [3.63, 3.8) is 0 Å². The van der Waals surface area contributed by atoms with Gasteiger partial charge < -0.3 is 21.1 Å². The molecule has 2 rings (SSSR count). The molecule has 0 unspecified atom stereocenters. The van der Waals surface area contributed by atoms with E-state index in [1.165, 1.54) is 0 Å². The smallest absolute Gasteiger partial charge is 0.248 e. The van der Waals surface area contributed by atoms with Gasteiger partial charge in [0.2, 0.25) is 5.91 Å². The minimum absolute atomic E-state index is 0.396. The molecule has 1 amide bonds. The monoisotopic (exact) mass is 335 g/mol. The molecule has 114 valence electrons. The zero-order valence-corrected chi connectivity index (χ0v) is 13.3. The first kappa shape index (κ1) is 16.1. The Hall–Kier alpha value is -2.31. The van der Waals surface area contributed by atoms with Crippen LogP contribution in [-0.4, -0.2) is 18.1 Å². The van der Waals surface area contributed by atoms with Gasteiger partial charge in [-0.05, 0) is 54.7 Å². The van der Waals surface area contributed by atoms with Crippen molar-refractivity contribution in [1.29, 1.82) is 0 Å². The molecule has 0 radical (unpaired) electrons. The zero-order valence-electron chi connectivity index (χ0n) is 11.7. The highest BCUT2D eigenvalue weighted by atomic mass is 35.5. The van der Waals surface area contributed by atoms with Crippen molar-refractivity contribution in [2.75, 3.05) is 17.7 Å². The van der Waals surface area contributed by atoms with Crippen molar-refractivity contribution in [3.05, 3.63) is 53.1 Å². The van der Waals surface area contributed by atoms with Crippen LogP contribution in [0.3, 0.4) is 0 Å². The minimum Gasteiger partial charge on any atom is -0.495 e. The van der Waals surface area contributed by atoms with Crippen molar-refractivity contribution >= 4 is 46.2 Å². The molecule has 0 aliphatic heterocycles. The van der Waals surface area contributed by atoms with E-state index in [4.69, 9.17) is 34.3 Å². The Labute approximate surface area is 138 Å². The molecule has 0 aliphatic rings. The average molecular weight is 336 g/mol. The fraction of sp³-hybridized carbons (Fsp3) is 0.0667. The van der Waals surface area contributed by atoms with Crippen LogP contribution in [0, 0.1) is 0 Å². The van der Waals surface area contributed by atoms with Crippen molar-refractivity contribution in [1.82, 2.24) is 0 Å². The number of carbonyl (C=O) groups excluding carboxylic acids is 1. The van der Waals surface area contributed by atoms with Crippen molar-refractivity contribution < 1.29 is 9.53 Å². The number of anilines is 2. The molecule has 0 atom stereocenters. The Kier molecular flexibility index (Phi) is 5.19. The summed E-state index contributed by atoms with van der Waals surface area (Å²) in [6, 6.07) is 11.9. The second kappa shape index (κ2) is 7.11. The van der Waals surface area contributed by atoms with Gasteiger partial charge in [-0.15, -0.1) is 0 Å². The van der Waals surface area contributed by atoms with Gasteiger partial charge in [-0.3, -0.25) is 4.79 Å². The Morgan fingerprint density at radius 1 is 1.14 bits per heavy atom. The van der Waals surface area contributed by atoms with E-state index in [1.807, 2.05) is 0 Å². The fourth-order valence-corrected chi connectivity index (χ4v) is 2.25. The molecule has 0 bridgehead atoms. The number of rotatable bonds is 4. The van der Waals surface area contributed by atoms with Crippen molar-refractivity contribution in [3.8, 4) is 5.75 Å². The van der Waals surface area contributed by atoms with E-state index in [1.54, 1.807) is 49.6 Å². The van der Waals surface area contributed by atoms with Crippen LogP contribution in [0.25, 0.3) is 0 Å². The Morgan fingerprint density at radius 3 is 2.27 bits per heavy atom. The molecular weight excluding hydrogens is 322 g/mol. The number of thiocarbonyl (C=S) groups is 1. The highest BCUT2D eigenvalue weighted by Crippen LogP contribution is 2.27. The molecule has 0 saturated carbocycles. The number of carbonyl (C=O) groups is 1. The highest BCUT2D eigenvalue weighted by Gasteiger charge is 2.04. The Morgan fingerprint density at radius 2 is 1.73 bits per heavy atom. The standard InChI is InChI=1S/C15H14ClN3O2S/c1-21-13-7-6-11(8-12(13)16)19-15(22)18-10-4-2-9(3-5-10)14(17)20/h2-8H,1H3,(H2,17,20)(H2,18,19,22). The molecule has 7 heteroatoms. The predicted octanol–water partition coefficient (Wildman–Crippen LogP) is 3.26. The average Bonchev–Trinajstić information content (AvgIpc) is 2.48. The van der Waals surface area contributed by atoms with E-state index in [9.17, 15) is 4.79 Å². The van der Waals surface area contributed by atoms with E-state index in [-0.39, 0.29) is 0 Å². The topological polar surface area (TPSA) is 76.4 Å². The lowest BCUT2D eigenvalue weighted by Crippen LogP contribution is -2.19. The summed E-state index contributed by atoms with van der Waals surface area (Å²) in [5.74, 6) is 0.119. The number of ether oxygens (including phenoxy) is 1. The molecule has 0 saturated heterocycles. The first-order valence-electron chi connectivity index (χ1n) is 6.31. The number of hydrogen-bond acceptors (Lipinski definition) is 3. The van der Waals surface area contributed by atoms with E-state index in [0.717, 1.165) is 11.4 Å². The Bertz CT molecular complexity index is 704. The molecule has 0 heterocycles. The van der Waals surface area contributed by atoms with Crippen LogP contribution in [0.1, 0.15) is 10.4 Å². The molecule has 0 aliphatic carbocycles. The van der Waals surface area contributed by atoms with Crippen LogP contribution in [0.5, 0.6) is 5.75 Å². The van der Waals surface area contributed by atoms with Gasteiger partial charge >= 0.3 is 0 Å². The van der Waals surface area contributed by atoms with Crippen LogP contribution in [0.15, 0.2) is 42.5 Å². The summed E-state index contributed by atoms with van der Waals surface area (Å²) in [7, 11) is 1.55. The number of nitrogens with one attached hydrogen (secondary N) is 2. The lowest BCUT2D eigenvalue weighted by molar-refractivity contribution is 0.100. The minimum atomic E-state index is -0.472. The molecular formula is C15H14ClN3O2S. The molecule has 0 spiro atoms. The van der Waals surface area contributed by atoms with E-state index in [2.05, 4.69) is 10.6 Å². The van der Waals surface area contributed by atoms with E-state index < -0.39 is 5.91 Å². The zero-order chi connectivity index (χ0) is 16.1. The summed E-state index contributed by atoms with van der Waals surface area (Å²) in [6.45, 7) is 0. The Balaban J connectivity index is 2.00. The van der Waals surface area contributed by atoms with Crippen LogP contribution < -0.4 is 21.1 Å². The number of nitrogens with two attached hydrogens (primary N) is 1. The first-order valence-corrected chi connectivity index (χ1v) is 7.09. The van der Waals surface area contributed by atoms with Gasteiger partial charge in [0.15, 0.2) is 5.11 Å². The number of primary amides is 1. The fourth-order valence-electron chi connectivity index (χ4n) is 1.76. The van der Waals surface area contributed by atoms with Crippen molar-refractivity contribution in [2.24, 2.45) is 5.73 Å². The third kappa shape index (κ3) is 4.09. The molecule has 0 fully saturated rings. The lowest BCUT2D eigenvalue weighted by Gasteiger charge is -2.12. The molecule has 2 aromatic rings. The molecule has 5 nitrogen and oxygen atoms in total. The molecule has 4 N–H and O–H groups in total. The van der Waals surface area contributed by atoms with Gasteiger partial charge in [0.25, 0.3) is 0 Å². The third-order valence-corrected chi connectivity index (χ3v) is 3.34. The second-order valence-corrected chi connectivity index (χ2v) is 5.19. The number of methoxy groups -OCH3 is 1. The second-order valence-electron chi connectivity index (χ2n) is 4.37. The lowest BCUT2D eigenvalue weighted by atomic mass is 10.2. The van der Waals surface area contributed by atoms with Gasteiger partial charge in [-0.2, -0.15) is 0 Å². The summed E-state index contributed by atoms with van der Waals surface area (Å²) in [5, 5.41) is 6.89. The summed E-state index contributed by atoms with van der Waals surface area (Å²) in [5.41, 5.74) is 7.09. The summed E-state index contributed by atoms with van der Waals surface area (Å²) in [4.78, 5) is 11.0. The third-order valence-electron chi connectivity index (χ3n) is 2.84. The largest absolute Gasteiger partial charge is 0.495 e. The first-order chi connectivity index (χ1) is 10.5. The summed E-state index contributed by atoms with van der Waals surface area (Å²) >= 11 is 11.3. The van der Waals surface area contributed by atoms with Crippen LogP contribution in [0.4, 0.5) is 11.4 Å². The van der Waals surface area contributed by atoms with Gasteiger partial charge in [0.1, 0.15) is 5.75 Å². The predicted molar refractivity (Wildman–Crippen MR) is 92.8 cm³/mol. The van der Waals surface area contributed by atoms with Crippen LogP contribution >= 0.6 is 23.8 Å². The van der Waals surface area contributed by atoms with Crippen molar-refractivity contribution in [2.45, 2.75) is 0 Å². The van der Waals surface area contributed by atoms with E-state index >= 15 is 0 Å². The van der Waals surface area contributed by atoms with Crippen LogP contribution in [0.2, 0.25) is 5.02 Å². The quantitative estimate of drug-likeness (QED) is 0.748. The number of benzene rings is 2. The highest BCUT2D eigenvalue weighted by molar-refractivity contribution is 7.80. The van der Waals surface area contributed by atoms with Gasteiger partial charge in [-0.1, -0.05) is 11.6 Å². The summed E-state index contributed by atoms with van der Waals surface area (Å²) < 4.78 is 5.09. The van der Waals surface area contributed by atoms with Crippen LogP contribution in [-0.2, 0) is 0 Å². The van der Waals surface area contributed by atoms with Gasteiger partial charge in [0.05, 0.1) is 12.1 Å².